The van der Waals surface area contributed by atoms with E-state index in [-0.39, 0.29) is 29.9 Å². The predicted molar refractivity (Wildman–Crippen MR) is 136 cm³/mol. The van der Waals surface area contributed by atoms with E-state index in [0.717, 1.165) is 64.6 Å². The second kappa shape index (κ2) is 13.9. The lowest BCUT2D eigenvalue weighted by molar-refractivity contribution is -0.128. The summed E-state index contributed by atoms with van der Waals surface area (Å²) in [5.74, 6) is 1.15. The number of halogens is 1. The molecule has 7 nitrogen and oxygen atoms in total. The maximum atomic E-state index is 11.9. The van der Waals surface area contributed by atoms with Gasteiger partial charge in [0.1, 0.15) is 0 Å². The number of guanidine groups is 1. The van der Waals surface area contributed by atoms with E-state index in [1.165, 1.54) is 11.1 Å². The molecule has 0 radical (unpaired) electrons. The number of nitrogens with one attached hydrogen (secondary N) is 2. The van der Waals surface area contributed by atoms with Crippen molar-refractivity contribution in [1.82, 2.24) is 20.4 Å². The van der Waals surface area contributed by atoms with Gasteiger partial charge in [-0.25, -0.2) is 4.99 Å². The zero-order valence-electron chi connectivity index (χ0n) is 18.9. The Hall–Kier alpha value is -1.39. The standard InChI is InChI=1S/C23H37N5O2.HI/c1-3-24-23(26-21-9-12-27(13-10-21)14-15-30-2)25-17-19-6-4-7-20(16-19)18-28-11-5-8-22(28)29;/h4,6-7,16,21H,3,5,8-15,17-18H2,1-2H3,(H2,24,25,26);1H. The van der Waals surface area contributed by atoms with Crippen molar-refractivity contribution in [3.8, 4) is 0 Å². The summed E-state index contributed by atoms with van der Waals surface area (Å²) in [5.41, 5.74) is 2.35. The summed E-state index contributed by atoms with van der Waals surface area (Å²) < 4.78 is 5.19. The zero-order valence-corrected chi connectivity index (χ0v) is 21.3. The highest BCUT2D eigenvalue weighted by molar-refractivity contribution is 14.0. The SMILES string of the molecule is CCNC(=NCc1cccc(CN2CCCC2=O)c1)NC1CCN(CCOC)CC1.I. The van der Waals surface area contributed by atoms with Crippen LogP contribution in [-0.2, 0) is 22.6 Å². The summed E-state index contributed by atoms with van der Waals surface area (Å²) in [5, 5.41) is 6.99. The minimum atomic E-state index is 0. The number of hydrogen-bond acceptors (Lipinski definition) is 4. The highest BCUT2D eigenvalue weighted by atomic mass is 127. The third-order valence-corrected chi connectivity index (χ3v) is 5.84. The van der Waals surface area contributed by atoms with Crippen LogP contribution >= 0.6 is 24.0 Å². The van der Waals surface area contributed by atoms with E-state index in [0.29, 0.717) is 25.6 Å². The predicted octanol–water partition coefficient (Wildman–Crippen LogP) is 2.59. The van der Waals surface area contributed by atoms with E-state index in [9.17, 15) is 4.79 Å². The van der Waals surface area contributed by atoms with Crippen LogP contribution in [0.3, 0.4) is 0 Å². The molecule has 2 aliphatic heterocycles. The highest BCUT2D eigenvalue weighted by Gasteiger charge is 2.21. The van der Waals surface area contributed by atoms with Crippen LogP contribution < -0.4 is 10.6 Å². The summed E-state index contributed by atoms with van der Waals surface area (Å²) >= 11 is 0. The molecule has 0 atom stereocenters. The number of amides is 1. The first kappa shape index (κ1) is 25.9. The second-order valence-electron chi connectivity index (χ2n) is 8.19. The van der Waals surface area contributed by atoms with Crippen molar-refractivity contribution < 1.29 is 9.53 Å². The number of carbonyl (C=O) groups is 1. The Morgan fingerprint density at radius 2 is 2.00 bits per heavy atom. The molecule has 2 heterocycles. The number of likely N-dealkylation sites (tertiary alicyclic amines) is 2. The number of piperidine rings is 1. The van der Waals surface area contributed by atoms with Crippen molar-refractivity contribution in [2.75, 3.05) is 46.4 Å². The normalized spacial score (nSPS) is 18.2. The third-order valence-electron chi connectivity index (χ3n) is 5.84. The monoisotopic (exact) mass is 543 g/mol. The number of methoxy groups -OCH3 is 1. The summed E-state index contributed by atoms with van der Waals surface area (Å²) in [6.45, 7) is 9.15. The average Bonchev–Trinajstić information content (AvgIpc) is 3.16. The van der Waals surface area contributed by atoms with Crippen LogP contribution in [-0.4, -0.2) is 74.1 Å². The van der Waals surface area contributed by atoms with Gasteiger partial charge in [-0.1, -0.05) is 24.3 Å². The minimum absolute atomic E-state index is 0. The van der Waals surface area contributed by atoms with Gasteiger partial charge in [-0.05, 0) is 37.3 Å². The molecule has 1 amide bonds. The van der Waals surface area contributed by atoms with Gasteiger partial charge in [0, 0.05) is 58.8 Å². The largest absolute Gasteiger partial charge is 0.383 e. The fourth-order valence-corrected chi connectivity index (χ4v) is 4.12. The molecule has 174 valence electrons. The van der Waals surface area contributed by atoms with E-state index >= 15 is 0 Å². The van der Waals surface area contributed by atoms with Crippen molar-refractivity contribution >= 4 is 35.8 Å². The summed E-state index contributed by atoms with van der Waals surface area (Å²) in [4.78, 5) is 21.1. The van der Waals surface area contributed by atoms with Gasteiger partial charge in [0.25, 0.3) is 0 Å². The van der Waals surface area contributed by atoms with Crippen molar-refractivity contribution in [3.63, 3.8) is 0 Å². The second-order valence-corrected chi connectivity index (χ2v) is 8.19. The van der Waals surface area contributed by atoms with Gasteiger partial charge in [-0.15, -0.1) is 24.0 Å². The van der Waals surface area contributed by atoms with Gasteiger partial charge in [-0.2, -0.15) is 0 Å². The van der Waals surface area contributed by atoms with Gasteiger partial charge in [0.05, 0.1) is 13.2 Å². The maximum Gasteiger partial charge on any atom is 0.222 e. The molecule has 2 aliphatic rings. The number of rotatable bonds is 9. The van der Waals surface area contributed by atoms with Crippen LogP contribution in [0.4, 0.5) is 0 Å². The van der Waals surface area contributed by atoms with Crippen LogP contribution in [0.15, 0.2) is 29.3 Å². The van der Waals surface area contributed by atoms with E-state index in [2.05, 4.69) is 46.7 Å². The van der Waals surface area contributed by atoms with E-state index in [1.807, 2.05) is 4.90 Å². The molecule has 1 aromatic rings. The highest BCUT2D eigenvalue weighted by Crippen LogP contribution is 2.16. The minimum Gasteiger partial charge on any atom is -0.383 e. The van der Waals surface area contributed by atoms with E-state index < -0.39 is 0 Å². The fraction of sp³-hybridized carbons (Fsp3) is 0.652. The summed E-state index contributed by atoms with van der Waals surface area (Å²) in [7, 11) is 1.76. The lowest BCUT2D eigenvalue weighted by Gasteiger charge is -2.32. The van der Waals surface area contributed by atoms with Crippen LogP contribution in [0.5, 0.6) is 0 Å². The Bertz CT molecular complexity index is 707. The van der Waals surface area contributed by atoms with Crippen molar-refractivity contribution in [3.05, 3.63) is 35.4 Å². The molecule has 0 unspecified atom stereocenters. The number of hydrogen-bond donors (Lipinski definition) is 2. The van der Waals surface area contributed by atoms with Gasteiger partial charge >= 0.3 is 0 Å². The van der Waals surface area contributed by atoms with Gasteiger partial charge in [0.2, 0.25) is 5.91 Å². The topological polar surface area (TPSA) is 69.2 Å². The molecule has 2 fully saturated rings. The summed E-state index contributed by atoms with van der Waals surface area (Å²) in [6, 6.07) is 8.90. The maximum absolute atomic E-state index is 11.9. The first-order chi connectivity index (χ1) is 14.7. The third kappa shape index (κ3) is 8.57. The fourth-order valence-electron chi connectivity index (χ4n) is 4.12. The van der Waals surface area contributed by atoms with Crippen molar-refractivity contribution in [2.24, 2.45) is 4.99 Å². The Kier molecular flexibility index (Phi) is 11.6. The molecule has 2 N–H and O–H groups in total. The van der Waals surface area contributed by atoms with Crippen LogP contribution in [0.25, 0.3) is 0 Å². The number of benzene rings is 1. The Morgan fingerprint density at radius 3 is 2.68 bits per heavy atom. The van der Waals surface area contributed by atoms with Crippen molar-refractivity contribution in [1.29, 1.82) is 0 Å². The molecular weight excluding hydrogens is 505 g/mol. The molecule has 2 saturated heterocycles. The van der Waals surface area contributed by atoms with Gasteiger partial charge in [-0.3, -0.25) is 4.79 Å². The van der Waals surface area contributed by atoms with Gasteiger partial charge in [0.15, 0.2) is 5.96 Å². The molecule has 0 bridgehead atoms. The quantitative estimate of drug-likeness (QED) is 0.285. The molecule has 0 aromatic heterocycles. The first-order valence-corrected chi connectivity index (χ1v) is 11.3. The number of aliphatic imine (C=N–C) groups is 1. The lowest BCUT2D eigenvalue weighted by Crippen LogP contribution is -2.49. The molecule has 1 aromatic carbocycles. The van der Waals surface area contributed by atoms with Crippen LogP contribution in [0.1, 0.15) is 43.7 Å². The molecular formula is C23H38IN5O2. The first-order valence-electron chi connectivity index (χ1n) is 11.3. The molecule has 0 aliphatic carbocycles. The molecule has 31 heavy (non-hydrogen) atoms. The zero-order chi connectivity index (χ0) is 21.2. The number of nitrogens with zero attached hydrogens (tertiary/aromatic N) is 3. The molecule has 0 spiro atoms. The Morgan fingerprint density at radius 1 is 1.23 bits per heavy atom. The Labute approximate surface area is 204 Å². The number of ether oxygens (including phenoxy) is 1. The molecule has 0 saturated carbocycles. The van der Waals surface area contributed by atoms with Crippen LogP contribution in [0, 0.1) is 0 Å². The van der Waals surface area contributed by atoms with E-state index in [1.54, 1.807) is 7.11 Å². The molecule has 8 heteroatoms. The van der Waals surface area contributed by atoms with Crippen molar-refractivity contribution in [2.45, 2.75) is 51.7 Å². The smallest absolute Gasteiger partial charge is 0.222 e. The van der Waals surface area contributed by atoms with Gasteiger partial charge < -0.3 is 25.2 Å². The lowest BCUT2D eigenvalue weighted by atomic mass is 10.1. The number of carbonyl (C=O) groups excluding carboxylic acids is 1. The van der Waals surface area contributed by atoms with E-state index in [4.69, 9.17) is 9.73 Å². The average molecular weight is 543 g/mol. The summed E-state index contributed by atoms with van der Waals surface area (Å²) in [6.07, 6.45) is 3.90. The van der Waals surface area contributed by atoms with Crippen LogP contribution in [0.2, 0.25) is 0 Å². The Balaban J connectivity index is 0.00000341. The molecule has 3 rings (SSSR count).